The zero-order valence-corrected chi connectivity index (χ0v) is 13.9. The smallest absolute Gasteiger partial charge is 0.406 e. The third-order valence-corrected chi connectivity index (χ3v) is 3.51. The Labute approximate surface area is 132 Å². The summed E-state index contributed by atoms with van der Waals surface area (Å²) < 4.78 is 10.3. The first-order chi connectivity index (χ1) is 10.3. The first-order valence-electron chi connectivity index (χ1n) is 7.32. The number of methoxy groups -OCH3 is 1. The van der Waals surface area contributed by atoms with Crippen molar-refractivity contribution in [3.63, 3.8) is 0 Å². The topological polar surface area (TPSA) is 71.3 Å². The van der Waals surface area contributed by atoms with E-state index in [1.807, 2.05) is 32.0 Å². The lowest BCUT2D eigenvalue weighted by Gasteiger charge is -2.27. The van der Waals surface area contributed by atoms with Gasteiger partial charge in [-0.3, -0.25) is 0 Å². The molecule has 5 nitrogen and oxygen atoms in total. The van der Waals surface area contributed by atoms with E-state index < -0.39 is 11.7 Å². The van der Waals surface area contributed by atoms with Crippen LogP contribution in [0.5, 0.6) is 0 Å². The summed E-state index contributed by atoms with van der Waals surface area (Å²) in [5.41, 5.74) is 2.11. The molecule has 0 radical (unpaired) electrons. The molecular formula is C17H24N2O3. The molecule has 0 fully saturated rings. The normalized spacial score (nSPS) is 11.1. The molecule has 120 valence electrons. The van der Waals surface area contributed by atoms with Crippen LogP contribution in [-0.4, -0.2) is 26.4 Å². The Morgan fingerprint density at radius 3 is 2.64 bits per heavy atom. The number of rotatable bonds is 6. The third kappa shape index (κ3) is 4.74. The highest BCUT2D eigenvalue weighted by Crippen LogP contribution is 2.28. The Morgan fingerprint density at radius 1 is 1.41 bits per heavy atom. The van der Waals surface area contributed by atoms with E-state index in [2.05, 4.69) is 30.0 Å². The molecule has 1 rings (SSSR count). The maximum atomic E-state index is 11.0. The zero-order chi connectivity index (χ0) is 16.8. The van der Waals surface area contributed by atoms with Gasteiger partial charge in [0.25, 0.3) is 0 Å². The van der Waals surface area contributed by atoms with Crippen molar-refractivity contribution in [2.45, 2.75) is 39.2 Å². The number of amides is 1. The van der Waals surface area contributed by atoms with E-state index in [0.717, 1.165) is 11.1 Å². The fourth-order valence-electron chi connectivity index (χ4n) is 2.15. The summed E-state index contributed by atoms with van der Waals surface area (Å²) in [5, 5.41) is 11.9. The third-order valence-electron chi connectivity index (χ3n) is 3.51. The highest BCUT2D eigenvalue weighted by molar-refractivity contribution is 5.66. The first kappa shape index (κ1) is 18.0. The Morgan fingerprint density at radius 2 is 2.09 bits per heavy atom. The van der Waals surface area contributed by atoms with Gasteiger partial charge >= 0.3 is 6.09 Å². The Hall–Kier alpha value is -2.06. The summed E-state index contributed by atoms with van der Waals surface area (Å²) in [6.45, 7) is 8.74. The van der Waals surface area contributed by atoms with Crippen LogP contribution in [0, 0.1) is 11.3 Å². The molecule has 1 N–H and O–H groups in total. The number of ether oxygens (including phenoxy) is 2. The average molecular weight is 304 g/mol. The summed E-state index contributed by atoms with van der Waals surface area (Å²) in [4.78, 5) is 11.0. The number of benzene rings is 1. The van der Waals surface area contributed by atoms with Crippen molar-refractivity contribution in [2.75, 3.05) is 20.3 Å². The molecule has 0 aromatic heterocycles. The molecule has 0 spiro atoms. The van der Waals surface area contributed by atoms with Crippen molar-refractivity contribution < 1.29 is 14.3 Å². The van der Waals surface area contributed by atoms with Crippen molar-refractivity contribution in [3.05, 3.63) is 34.9 Å². The molecule has 0 unspecified atom stereocenters. The van der Waals surface area contributed by atoms with Gasteiger partial charge in [-0.15, -0.1) is 0 Å². The average Bonchev–Trinajstić information content (AvgIpc) is 2.50. The molecule has 0 bridgehead atoms. The highest BCUT2D eigenvalue weighted by Gasteiger charge is 2.22. The van der Waals surface area contributed by atoms with Gasteiger partial charge in [-0.25, -0.2) is 4.79 Å². The predicted molar refractivity (Wildman–Crippen MR) is 84.6 cm³/mol. The molecule has 0 saturated heterocycles. The standard InChI is InChI=1S/C17H24N2O3/c1-12(2)15-7-6-14(10-13(15)11-18)17(3,4)22-9-8-19-16(20)21-5/h6-7,10,12H,8-9H2,1-5H3,(H,19,20). The van der Waals surface area contributed by atoms with Gasteiger partial charge in [0.2, 0.25) is 0 Å². The number of carbonyl (C=O) groups is 1. The molecule has 0 aliphatic heterocycles. The largest absolute Gasteiger partial charge is 0.453 e. The monoisotopic (exact) mass is 304 g/mol. The van der Waals surface area contributed by atoms with Crippen LogP contribution < -0.4 is 5.32 Å². The van der Waals surface area contributed by atoms with Crippen molar-refractivity contribution in [2.24, 2.45) is 0 Å². The van der Waals surface area contributed by atoms with E-state index in [0.29, 0.717) is 24.6 Å². The van der Waals surface area contributed by atoms with Crippen LogP contribution in [0.25, 0.3) is 0 Å². The SMILES string of the molecule is COC(=O)NCCOC(C)(C)c1ccc(C(C)C)c(C#N)c1. The minimum atomic E-state index is -0.543. The van der Waals surface area contributed by atoms with E-state index >= 15 is 0 Å². The molecular weight excluding hydrogens is 280 g/mol. The number of nitrogens with one attached hydrogen (secondary N) is 1. The minimum absolute atomic E-state index is 0.303. The second kappa shape index (κ2) is 7.81. The van der Waals surface area contributed by atoms with Gasteiger partial charge in [0.15, 0.2) is 0 Å². The van der Waals surface area contributed by atoms with Crippen LogP contribution in [-0.2, 0) is 15.1 Å². The van der Waals surface area contributed by atoms with Gasteiger partial charge in [-0.2, -0.15) is 5.26 Å². The van der Waals surface area contributed by atoms with Crippen molar-refractivity contribution in [3.8, 4) is 6.07 Å². The molecule has 0 saturated carbocycles. The lowest BCUT2D eigenvalue weighted by atomic mass is 9.90. The molecule has 1 aromatic rings. The summed E-state index contributed by atoms with van der Waals surface area (Å²) in [7, 11) is 1.32. The number of hydrogen-bond donors (Lipinski definition) is 1. The maximum absolute atomic E-state index is 11.0. The zero-order valence-electron chi connectivity index (χ0n) is 13.9. The quantitative estimate of drug-likeness (QED) is 0.819. The number of hydrogen-bond acceptors (Lipinski definition) is 4. The van der Waals surface area contributed by atoms with E-state index in [-0.39, 0.29) is 0 Å². The van der Waals surface area contributed by atoms with Crippen LogP contribution in [0.2, 0.25) is 0 Å². The Bertz CT molecular complexity index is 560. The summed E-state index contributed by atoms with van der Waals surface area (Å²) in [5.74, 6) is 0.303. The summed E-state index contributed by atoms with van der Waals surface area (Å²) in [6, 6.07) is 8.10. The molecule has 0 heterocycles. The summed E-state index contributed by atoms with van der Waals surface area (Å²) >= 11 is 0. The van der Waals surface area contributed by atoms with Gasteiger partial charge in [0.1, 0.15) is 0 Å². The number of nitrogens with zero attached hydrogens (tertiary/aromatic N) is 1. The first-order valence-corrected chi connectivity index (χ1v) is 7.32. The van der Waals surface area contributed by atoms with E-state index in [1.165, 1.54) is 7.11 Å². The maximum Gasteiger partial charge on any atom is 0.406 e. The minimum Gasteiger partial charge on any atom is -0.453 e. The Kier molecular flexibility index (Phi) is 6.39. The van der Waals surface area contributed by atoms with Crippen LogP contribution in [0.15, 0.2) is 18.2 Å². The lowest BCUT2D eigenvalue weighted by Crippen LogP contribution is -2.31. The van der Waals surface area contributed by atoms with Gasteiger partial charge in [-0.05, 0) is 37.0 Å². The molecule has 22 heavy (non-hydrogen) atoms. The summed E-state index contributed by atoms with van der Waals surface area (Å²) in [6.07, 6.45) is -0.477. The van der Waals surface area contributed by atoms with Crippen molar-refractivity contribution in [1.29, 1.82) is 5.26 Å². The number of alkyl carbamates (subject to hydrolysis) is 1. The molecule has 0 aliphatic carbocycles. The highest BCUT2D eigenvalue weighted by atomic mass is 16.5. The number of carbonyl (C=O) groups excluding carboxylic acids is 1. The van der Waals surface area contributed by atoms with Crippen LogP contribution in [0.1, 0.15) is 50.3 Å². The van der Waals surface area contributed by atoms with Crippen LogP contribution in [0.3, 0.4) is 0 Å². The van der Waals surface area contributed by atoms with E-state index in [4.69, 9.17) is 4.74 Å². The van der Waals surface area contributed by atoms with Crippen LogP contribution in [0.4, 0.5) is 4.79 Å². The fraction of sp³-hybridized carbons (Fsp3) is 0.529. The van der Waals surface area contributed by atoms with Crippen molar-refractivity contribution >= 4 is 6.09 Å². The molecule has 0 aliphatic rings. The second-order valence-corrected chi connectivity index (χ2v) is 5.85. The van der Waals surface area contributed by atoms with Gasteiger partial charge in [0, 0.05) is 6.54 Å². The Balaban J connectivity index is 2.76. The van der Waals surface area contributed by atoms with Crippen molar-refractivity contribution in [1.82, 2.24) is 5.32 Å². The predicted octanol–water partition coefficient (Wildman–Crippen LogP) is 3.29. The van der Waals surface area contributed by atoms with Gasteiger partial charge < -0.3 is 14.8 Å². The fourth-order valence-corrected chi connectivity index (χ4v) is 2.15. The van der Waals surface area contributed by atoms with E-state index in [1.54, 1.807) is 0 Å². The second-order valence-electron chi connectivity index (χ2n) is 5.85. The van der Waals surface area contributed by atoms with Crippen LogP contribution >= 0.6 is 0 Å². The van der Waals surface area contributed by atoms with E-state index in [9.17, 15) is 10.1 Å². The molecule has 0 atom stereocenters. The number of nitriles is 1. The molecule has 5 heteroatoms. The molecule has 1 aromatic carbocycles. The molecule has 1 amide bonds. The van der Waals surface area contributed by atoms with Gasteiger partial charge in [-0.1, -0.05) is 26.0 Å². The van der Waals surface area contributed by atoms with Gasteiger partial charge in [0.05, 0.1) is 31.0 Å². The lowest BCUT2D eigenvalue weighted by molar-refractivity contribution is -0.0195.